The average Bonchev–Trinajstić information content (AvgIpc) is 2.89. The predicted molar refractivity (Wildman–Crippen MR) is 133 cm³/mol. The molecule has 2 aliphatic rings. The SMILES string of the molecule is C=COC(=O)N1CCC2(CC1)C(=O)N[C@@H](CCCCNC(=O)OCc1ccccc1)C(=O)N2CCC. The number of rotatable bonds is 10. The van der Waals surface area contributed by atoms with E-state index in [2.05, 4.69) is 17.2 Å². The van der Waals surface area contributed by atoms with Gasteiger partial charge in [0.05, 0.1) is 6.26 Å². The Kier molecular flexibility index (Phi) is 9.72. The minimum Gasteiger partial charge on any atom is -0.445 e. The van der Waals surface area contributed by atoms with Crippen molar-refractivity contribution < 1.29 is 28.7 Å². The van der Waals surface area contributed by atoms with Crippen LogP contribution < -0.4 is 10.6 Å². The molecule has 0 radical (unpaired) electrons. The summed E-state index contributed by atoms with van der Waals surface area (Å²) in [6.45, 7) is 7.12. The van der Waals surface area contributed by atoms with Gasteiger partial charge in [0.25, 0.3) is 0 Å². The highest BCUT2D eigenvalue weighted by Crippen LogP contribution is 2.34. The summed E-state index contributed by atoms with van der Waals surface area (Å²) in [6, 6.07) is 8.84. The lowest BCUT2D eigenvalue weighted by atomic mass is 9.81. The number of likely N-dealkylation sites (tertiary alicyclic amines) is 1. The number of alkyl carbamates (subject to hydrolysis) is 1. The fraction of sp³-hybridized carbons (Fsp3) is 0.538. The van der Waals surface area contributed by atoms with E-state index < -0.39 is 23.8 Å². The number of hydrogen-bond donors (Lipinski definition) is 2. The first-order chi connectivity index (χ1) is 17.4. The van der Waals surface area contributed by atoms with Gasteiger partial charge in [-0.05, 0) is 44.1 Å². The smallest absolute Gasteiger partial charge is 0.414 e. The zero-order valence-electron chi connectivity index (χ0n) is 20.9. The number of carbonyl (C=O) groups excluding carboxylic acids is 4. The largest absolute Gasteiger partial charge is 0.445 e. The van der Waals surface area contributed by atoms with E-state index in [1.54, 1.807) is 4.90 Å². The van der Waals surface area contributed by atoms with Crippen LogP contribution in [0.15, 0.2) is 43.2 Å². The van der Waals surface area contributed by atoms with Crippen LogP contribution >= 0.6 is 0 Å². The normalized spacial score (nSPS) is 19.0. The Morgan fingerprint density at radius 2 is 1.92 bits per heavy atom. The van der Waals surface area contributed by atoms with Gasteiger partial charge in [0.2, 0.25) is 11.8 Å². The van der Waals surface area contributed by atoms with Gasteiger partial charge in [0.15, 0.2) is 0 Å². The van der Waals surface area contributed by atoms with Crippen LogP contribution in [0, 0.1) is 0 Å². The third-order valence-electron chi connectivity index (χ3n) is 6.69. The molecule has 2 N–H and O–H groups in total. The zero-order chi connectivity index (χ0) is 26.0. The number of nitrogens with one attached hydrogen (secondary N) is 2. The van der Waals surface area contributed by atoms with Crippen LogP contribution in [0.3, 0.4) is 0 Å². The Labute approximate surface area is 212 Å². The molecule has 2 saturated heterocycles. The highest BCUT2D eigenvalue weighted by atomic mass is 16.6. The van der Waals surface area contributed by atoms with Gasteiger partial charge in [-0.3, -0.25) is 9.59 Å². The Bertz CT molecular complexity index is 930. The van der Waals surface area contributed by atoms with Gasteiger partial charge in [-0.2, -0.15) is 0 Å². The number of ether oxygens (including phenoxy) is 2. The van der Waals surface area contributed by atoms with Crippen molar-refractivity contribution >= 4 is 24.0 Å². The van der Waals surface area contributed by atoms with E-state index in [1.165, 1.54) is 4.90 Å². The summed E-state index contributed by atoms with van der Waals surface area (Å²) >= 11 is 0. The maximum absolute atomic E-state index is 13.3. The van der Waals surface area contributed by atoms with Crippen molar-refractivity contribution in [1.29, 1.82) is 0 Å². The topological polar surface area (TPSA) is 117 Å². The third kappa shape index (κ3) is 6.56. The van der Waals surface area contributed by atoms with Crippen LogP contribution in [0.1, 0.15) is 51.0 Å². The number of piperidine rings is 1. The molecule has 196 valence electrons. The fourth-order valence-corrected chi connectivity index (χ4v) is 4.76. The number of nitrogens with zero attached hydrogens (tertiary/aromatic N) is 2. The summed E-state index contributed by atoms with van der Waals surface area (Å²) in [5.74, 6) is -0.256. The van der Waals surface area contributed by atoms with Crippen molar-refractivity contribution in [3.63, 3.8) is 0 Å². The van der Waals surface area contributed by atoms with Crippen LogP contribution in [-0.2, 0) is 25.7 Å². The molecule has 2 fully saturated rings. The Hall–Kier alpha value is -3.56. The van der Waals surface area contributed by atoms with Crippen molar-refractivity contribution in [3.05, 3.63) is 48.7 Å². The van der Waals surface area contributed by atoms with Gasteiger partial charge in [-0.25, -0.2) is 9.59 Å². The summed E-state index contributed by atoms with van der Waals surface area (Å²) in [5.41, 5.74) is -0.0329. The van der Waals surface area contributed by atoms with E-state index in [0.717, 1.165) is 18.2 Å². The molecule has 3 rings (SSSR count). The lowest BCUT2D eigenvalue weighted by molar-refractivity contribution is -0.161. The van der Waals surface area contributed by atoms with Gasteiger partial charge in [-0.15, -0.1) is 0 Å². The fourth-order valence-electron chi connectivity index (χ4n) is 4.76. The average molecular weight is 501 g/mol. The second-order valence-corrected chi connectivity index (χ2v) is 9.07. The minimum atomic E-state index is -0.946. The molecule has 1 aromatic rings. The van der Waals surface area contributed by atoms with E-state index >= 15 is 0 Å². The van der Waals surface area contributed by atoms with Crippen molar-refractivity contribution in [2.75, 3.05) is 26.2 Å². The molecular formula is C26H36N4O6. The molecule has 0 aromatic heterocycles. The van der Waals surface area contributed by atoms with Gasteiger partial charge in [-0.1, -0.05) is 43.8 Å². The lowest BCUT2D eigenvalue weighted by Gasteiger charge is -2.51. The first-order valence-electron chi connectivity index (χ1n) is 12.5. The summed E-state index contributed by atoms with van der Waals surface area (Å²) in [6.07, 6.45) is 3.34. The van der Waals surface area contributed by atoms with Gasteiger partial charge in [0, 0.05) is 26.2 Å². The van der Waals surface area contributed by atoms with Crippen LogP contribution in [0.25, 0.3) is 0 Å². The molecule has 2 heterocycles. The molecule has 0 saturated carbocycles. The molecular weight excluding hydrogens is 464 g/mol. The Morgan fingerprint density at radius 1 is 1.19 bits per heavy atom. The van der Waals surface area contributed by atoms with Gasteiger partial charge in [0.1, 0.15) is 18.2 Å². The molecule has 0 aliphatic carbocycles. The van der Waals surface area contributed by atoms with Crippen LogP contribution in [-0.4, -0.2) is 71.6 Å². The molecule has 1 spiro atoms. The van der Waals surface area contributed by atoms with E-state index in [9.17, 15) is 19.2 Å². The molecule has 0 bridgehead atoms. The second-order valence-electron chi connectivity index (χ2n) is 9.07. The number of carbonyl (C=O) groups is 4. The third-order valence-corrected chi connectivity index (χ3v) is 6.69. The second kappa shape index (κ2) is 12.9. The first-order valence-corrected chi connectivity index (χ1v) is 12.5. The molecule has 2 aliphatic heterocycles. The Morgan fingerprint density at radius 3 is 2.58 bits per heavy atom. The predicted octanol–water partition coefficient (Wildman–Crippen LogP) is 2.93. The van der Waals surface area contributed by atoms with E-state index in [-0.39, 0.29) is 18.4 Å². The van der Waals surface area contributed by atoms with Gasteiger partial charge >= 0.3 is 12.2 Å². The number of amides is 4. The maximum atomic E-state index is 13.3. The van der Waals surface area contributed by atoms with Crippen LogP contribution in [0.5, 0.6) is 0 Å². The summed E-state index contributed by atoms with van der Waals surface area (Å²) in [5, 5.41) is 5.65. The number of hydrogen-bond acceptors (Lipinski definition) is 6. The van der Waals surface area contributed by atoms with Crippen LogP contribution in [0.4, 0.5) is 9.59 Å². The summed E-state index contributed by atoms with van der Waals surface area (Å²) in [4.78, 5) is 53.7. The van der Waals surface area contributed by atoms with Crippen molar-refractivity contribution in [2.45, 2.75) is 63.6 Å². The standard InChI is InChI=1S/C26H36N4O6/c1-3-16-30-22(31)21(12-8-9-15-27-24(33)36-19-20-10-6-5-7-11-20)28-23(32)26(30)13-17-29(18-14-26)25(34)35-4-2/h4-7,10-11,21H,2-3,8-9,12-19H2,1H3,(H,27,33)(H,28,32)/t21-/m0/s1. The molecule has 10 heteroatoms. The molecule has 1 atom stereocenters. The van der Waals surface area contributed by atoms with Gasteiger partial charge < -0.3 is 29.9 Å². The zero-order valence-corrected chi connectivity index (χ0v) is 20.9. The highest BCUT2D eigenvalue weighted by Gasteiger charge is 2.53. The monoisotopic (exact) mass is 500 g/mol. The van der Waals surface area contributed by atoms with Crippen molar-refractivity contribution in [1.82, 2.24) is 20.4 Å². The summed E-state index contributed by atoms with van der Waals surface area (Å²) < 4.78 is 10.0. The number of benzene rings is 1. The first kappa shape index (κ1) is 27.0. The van der Waals surface area contributed by atoms with Crippen LogP contribution in [0.2, 0.25) is 0 Å². The summed E-state index contributed by atoms with van der Waals surface area (Å²) in [7, 11) is 0. The Balaban J connectivity index is 1.45. The molecule has 10 nitrogen and oxygen atoms in total. The molecule has 0 unspecified atom stereocenters. The number of unbranched alkanes of at least 4 members (excludes halogenated alkanes) is 1. The maximum Gasteiger partial charge on any atom is 0.414 e. The lowest BCUT2D eigenvalue weighted by Crippen LogP contribution is -2.73. The van der Waals surface area contributed by atoms with E-state index in [0.29, 0.717) is 58.3 Å². The molecule has 36 heavy (non-hydrogen) atoms. The minimum absolute atomic E-state index is 0.0891. The number of piperazine rings is 1. The van der Waals surface area contributed by atoms with E-state index in [4.69, 9.17) is 9.47 Å². The highest BCUT2D eigenvalue weighted by molar-refractivity contribution is 6.00. The quantitative estimate of drug-likeness (QED) is 0.377. The molecule has 4 amide bonds. The van der Waals surface area contributed by atoms with E-state index in [1.807, 2.05) is 37.3 Å². The molecule has 1 aromatic carbocycles. The van der Waals surface area contributed by atoms with Crippen molar-refractivity contribution in [3.8, 4) is 0 Å². The van der Waals surface area contributed by atoms with Crippen molar-refractivity contribution in [2.24, 2.45) is 0 Å².